The Hall–Kier alpha value is -1.11. The molecule has 0 amide bonds. The summed E-state index contributed by atoms with van der Waals surface area (Å²) in [5.74, 6) is 2.11. The molecule has 1 nitrogen and oxygen atoms in total. The second-order valence-corrected chi connectivity index (χ2v) is 6.36. The first-order valence-corrected chi connectivity index (χ1v) is 7.70. The highest BCUT2D eigenvalue weighted by atomic mass is 16.1. The molecule has 1 heteroatoms. The number of hydrogen-bond donors (Lipinski definition) is 0. The normalized spacial score (nSPS) is 23.3. The van der Waals surface area contributed by atoms with E-state index in [1.807, 2.05) is 0 Å². The van der Waals surface area contributed by atoms with Crippen molar-refractivity contribution in [1.29, 1.82) is 0 Å². The van der Waals surface area contributed by atoms with Gasteiger partial charge in [-0.2, -0.15) is 0 Å². The zero-order chi connectivity index (χ0) is 13.7. The number of Topliss-reactive ketones (excluding diaryl/α,β-unsaturated/α-hetero) is 1. The molecule has 1 aliphatic rings. The van der Waals surface area contributed by atoms with Crippen molar-refractivity contribution < 1.29 is 4.79 Å². The molecule has 2 rings (SSSR count). The van der Waals surface area contributed by atoms with Crippen LogP contribution in [0.4, 0.5) is 0 Å². The molecule has 19 heavy (non-hydrogen) atoms. The van der Waals surface area contributed by atoms with Crippen LogP contribution in [0.15, 0.2) is 24.3 Å². The molecule has 0 saturated heterocycles. The van der Waals surface area contributed by atoms with E-state index in [1.165, 1.54) is 49.7 Å². The fourth-order valence-electron chi connectivity index (χ4n) is 3.17. The molecule has 0 heterocycles. The van der Waals surface area contributed by atoms with Crippen molar-refractivity contribution in [3.63, 3.8) is 0 Å². The first kappa shape index (κ1) is 14.3. The maximum atomic E-state index is 11.2. The summed E-state index contributed by atoms with van der Waals surface area (Å²) in [6.45, 7) is 4.04. The molecule has 0 spiro atoms. The van der Waals surface area contributed by atoms with E-state index in [2.05, 4.69) is 31.2 Å². The fraction of sp³-hybridized carbons (Fsp3) is 0.611. The van der Waals surface area contributed by atoms with Crippen LogP contribution < -0.4 is 0 Å². The predicted molar refractivity (Wildman–Crippen MR) is 80.3 cm³/mol. The van der Waals surface area contributed by atoms with E-state index in [1.54, 1.807) is 6.92 Å². The summed E-state index contributed by atoms with van der Waals surface area (Å²) in [4.78, 5) is 11.2. The van der Waals surface area contributed by atoms with Gasteiger partial charge in [0.25, 0.3) is 0 Å². The molecule has 0 bridgehead atoms. The average Bonchev–Trinajstić information content (AvgIpc) is 2.38. The smallest absolute Gasteiger partial charge is 0.134 e. The molecular weight excluding hydrogens is 232 g/mol. The van der Waals surface area contributed by atoms with Crippen molar-refractivity contribution in [1.82, 2.24) is 0 Å². The van der Waals surface area contributed by atoms with Gasteiger partial charge in [-0.1, -0.05) is 56.9 Å². The van der Waals surface area contributed by atoms with Gasteiger partial charge < -0.3 is 0 Å². The van der Waals surface area contributed by atoms with Crippen LogP contribution >= 0.6 is 0 Å². The Kier molecular flexibility index (Phi) is 5.18. The van der Waals surface area contributed by atoms with Crippen molar-refractivity contribution in [2.75, 3.05) is 0 Å². The zero-order valence-electron chi connectivity index (χ0n) is 12.3. The molecule has 0 aromatic heterocycles. The van der Waals surface area contributed by atoms with E-state index in [0.29, 0.717) is 6.42 Å². The quantitative estimate of drug-likeness (QED) is 0.755. The minimum Gasteiger partial charge on any atom is -0.300 e. The van der Waals surface area contributed by atoms with Crippen LogP contribution in [0, 0.1) is 11.8 Å². The number of rotatable bonds is 5. The second kappa shape index (κ2) is 6.88. The first-order valence-electron chi connectivity index (χ1n) is 7.70. The van der Waals surface area contributed by atoms with Gasteiger partial charge in [0, 0.05) is 6.42 Å². The second-order valence-electron chi connectivity index (χ2n) is 6.36. The minimum atomic E-state index is 0.249. The summed E-state index contributed by atoms with van der Waals surface area (Å²) in [5, 5.41) is 0. The Morgan fingerprint density at radius 1 is 1.16 bits per heavy atom. The lowest BCUT2D eigenvalue weighted by Gasteiger charge is -2.26. The van der Waals surface area contributed by atoms with E-state index >= 15 is 0 Å². The van der Waals surface area contributed by atoms with Gasteiger partial charge in [0.05, 0.1) is 0 Å². The molecule has 0 radical (unpaired) electrons. The SMILES string of the molecule is CC(=O)Cc1cccc(CCC2CCC(C)CC2)c1. The van der Waals surface area contributed by atoms with Gasteiger partial charge in [-0.3, -0.25) is 4.79 Å². The maximum absolute atomic E-state index is 11.2. The van der Waals surface area contributed by atoms with Crippen LogP contribution in [0.5, 0.6) is 0 Å². The number of hydrogen-bond acceptors (Lipinski definition) is 1. The maximum Gasteiger partial charge on any atom is 0.134 e. The molecule has 0 atom stereocenters. The standard InChI is InChI=1S/C18H26O/c1-14-6-8-16(9-7-14)10-11-17-4-3-5-18(13-17)12-15(2)19/h3-5,13-14,16H,6-12H2,1-2H3. The molecular formula is C18H26O. The summed E-state index contributed by atoms with van der Waals surface area (Å²) in [7, 11) is 0. The lowest BCUT2D eigenvalue weighted by Crippen LogP contribution is -2.13. The third-order valence-corrected chi connectivity index (χ3v) is 4.42. The number of carbonyl (C=O) groups is 1. The molecule has 0 N–H and O–H groups in total. The summed E-state index contributed by atoms with van der Waals surface area (Å²) in [5.41, 5.74) is 2.57. The zero-order valence-corrected chi connectivity index (χ0v) is 12.3. The summed E-state index contributed by atoms with van der Waals surface area (Å²) < 4.78 is 0. The largest absolute Gasteiger partial charge is 0.300 e. The van der Waals surface area contributed by atoms with Crippen LogP contribution in [-0.2, 0) is 17.6 Å². The number of benzene rings is 1. The van der Waals surface area contributed by atoms with Crippen LogP contribution in [-0.4, -0.2) is 5.78 Å². The number of aryl methyl sites for hydroxylation is 1. The topological polar surface area (TPSA) is 17.1 Å². The van der Waals surface area contributed by atoms with Crippen LogP contribution in [0.2, 0.25) is 0 Å². The molecule has 1 aromatic carbocycles. The Morgan fingerprint density at radius 2 is 1.84 bits per heavy atom. The van der Waals surface area contributed by atoms with E-state index in [0.717, 1.165) is 11.8 Å². The van der Waals surface area contributed by atoms with Gasteiger partial charge in [0.2, 0.25) is 0 Å². The average molecular weight is 258 g/mol. The van der Waals surface area contributed by atoms with Gasteiger partial charge in [-0.05, 0) is 42.7 Å². The van der Waals surface area contributed by atoms with Gasteiger partial charge in [0.15, 0.2) is 0 Å². The molecule has 1 aliphatic carbocycles. The van der Waals surface area contributed by atoms with Crippen molar-refractivity contribution >= 4 is 5.78 Å². The van der Waals surface area contributed by atoms with E-state index in [9.17, 15) is 4.79 Å². The predicted octanol–water partition coefficient (Wildman–Crippen LogP) is 4.58. The van der Waals surface area contributed by atoms with Gasteiger partial charge in [-0.15, -0.1) is 0 Å². The molecule has 1 aromatic rings. The Balaban J connectivity index is 1.83. The molecule has 0 unspecified atom stereocenters. The van der Waals surface area contributed by atoms with Crippen molar-refractivity contribution in [3.05, 3.63) is 35.4 Å². The summed E-state index contributed by atoms with van der Waals surface area (Å²) >= 11 is 0. The number of ketones is 1. The summed E-state index contributed by atoms with van der Waals surface area (Å²) in [6.07, 6.45) is 8.71. The monoisotopic (exact) mass is 258 g/mol. The lowest BCUT2D eigenvalue weighted by atomic mass is 9.80. The van der Waals surface area contributed by atoms with Gasteiger partial charge in [0.1, 0.15) is 5.78 Å². The van der Waals surface area contributed by atoms with E-state index in [4.69, 9.17) is 0 Å². The van der Waals surface area contributed by atoms with Gasteiger partial charge in [-0.25, -0.2) is 0 Å². The molecule has 0 aliphatic heterocycles. The Bertz CT molecular complexity index is 413. The Labute approximate surface area is 117 Å². The molecule has 1 fully saturated rings. The van der Waals surface area contributed by atoms with Crippen LogP contribution in [0.3, 0.4) is 0 Å². The third kappa shape index (κ3) is 4.81. The van der Waals surface area contributed by atoms with E-state index in [-0.39, 0.29) is 5.78 Å². The van der Waals surface area contributed by atoms with Crippen LogP contribution in [0.25, 0.3) is 0 Å². The number of carbonyl (C=O) groups excluding carboxylic acids is 1. The minimum absolute atomic E-state index is 0.249. The molecule has 104 valence electrons. The first-order chi connectivity index (χ1) is 9.13. The highest BCUT2D eigenvalue weighted by Gasteiger charge is 2.17. The Morgan fingerprint density at radius 3 is 2.53 bits per heavy atom. The third-order valence-electron chi connectivity index (χ3n) is 4.42. The van der Waals surface area contributed by atoms with Crippen molar-refractivity contribution in [3.8, 4) is 0 Å². The highest BCUT2D eigenvalue weighted by Crippen LogP contribution is 2.31. The fourth-order valence-corrected chi connectivity index (χ4v) is 3.17. The summed E-state index contributed by atoms with van der Waals surface area (Å²) in [6, 6.07) is 8.58. The van der Waals surface area contributed by atoms with Crippen molar-refractivity contribution in [2.45, 2.75) is 58.8 Å². The van der Waals surface area contributed by atoms with Crippen molar-refractivity contribution in [2.24, 2.45) is 11.8 Å². The van der Waals surface area contributed by atoms with Gasteiger partial charge >= 0.3 is 0 Å². The van der Waals surface area contributed by atoms with Crippen LogP contribution in [0.1, 0.15) is 57.1 Å². The van der Waals surface area contributed by atoms with E-state index < -0.39 is 0 Å². The lowest BCUT2D eigenvalue weighted by molar-refractivity contribution is -0.116. The molecule has 1 saturated carbocycles. The highest BCUT2D eigenvalue weighted by molar-refractivity contribution is 5.78.